The zero-order valence-electron chi connectivity index (χ0n) is 11.0. The van der Waals surface area contributed by atoms with Crippen molar-refractivity contribution in [1.82, 2.24) is 0 Å². The predicted octanol–water partition coefficient (Wildman–Crippen LogP) is 3.73. The van der Waals surface area contributed by atoms with Gasteiger partial charge in [-0.1, -0.05) is 0 Å². The van der Waals surface area contributed by atoms with Gasteiger partial charge in [-0.25, -0.2) is 0 Å². The monoisotopic (exact) mass is 340 g/mol. The fourth-order valence-electron chi connectivity index (χ4n) is 2.71. The fraction of sp³-hybridized carbons (Fsp3) is 0.571. The molecule has 2 fully saturated rings. The van der Waals surface area contributed by atoms with Gasteiger partial charge >= 0.3 is 0 Å². The van der Waals surface area contributed by atoms with Crippen LogP contribution in [0.3, 0.4) is 0 Å². The number of rotatable bonds is 4. The largest absolute Gasteiger partial charge is 0.381 e. The van der Waals surface area contributed by atoms with Gasteiger partial charge in [-0.3, -0.25) is 10.1 Å². The molecule has 1 saturated carbocycles. The quantitative estimate of drug-likeness (QED) is 0.670. The summed E-state index contributed by atoms with van der Waals surface area (Å²) in [6.45, 7) is 0.795. The third-order valence-corrected chi connectivity index (χ3v) is 4.64. The van der Waals surface area contributed by atoms with Crippen LogP contribution in [-0.4, -0.2) is 23.7 Å². The van der Waals surface area contributed by atoms with E-state index in [1.165, 1.54) is 18.9 Å². The average Bonchev–Trinajstić information content (AvgIpc) is 3.25. The van der Waals surface area contributed by atoms with Gasteiger partial charge in [-0.05, 0) is 53.6 Å². The average molecular weight is 341 g/mol. The predicted molar refractivity (Wildman–Crippen MR) is 79.9 cm³/mol. The van der Waals surface area contributed by atoms with Crippen molar-refractivity contribution in [2.45, 2.75) is 37.8 Å². The smallest absolute Gasteiger partial charge is 0.270 e. The van der Waals surface area contributed by atoms with Crippen LogP contribution in [0.1, 0.15) is 25.7 Å². The molecule has 20 heavy (non-hydrogen) atoms. The Labute approximate surface area is 126 Å². The molecule has 1 heterocycles. The van der Waals surface area contributed by atoms with Crippen LogP contribution in [0, 0.1) is 16.0 Å². The number of halogens is 1. The van der Waals surface area contributed by atoms with E-state index >= 15 is 0 Å². The Hall–Kier alpha value is -1.14. The summed E-state index contributed by atoms with van der Waals surface area (Å²) in [4.78, 5) is 10.3. The summed E-state index contributed by atoms with van der Waals surface area (Å²) in [5.41, 5.74) is 1.02. The first-order valence-corrected chi connectivity index (χ1v) is 7.75. The number of hydrogen-bond acceptors (Lipinski definition) is 4. The summed E-state index contributed by atoms with van der Waals surface area (Å²) in [6, 6.07) is 5.22. The lowest BCUT2D eigenvalue weighted by molar-refractivity contribution is -0.384. The molecule has 1 aromatic carbocycles. The first-order chi connectivity index (χ1) is 9.63. The molecule has 5 nitrogen and oxygen atoms in total. The van der Waals surface area contributed by atoms with Crippen molar-refractivity contribution in [2.24, 2.45) is 5.92 Å². The van der Waals surface area contributed by atoms with E-state index in [1.807, 2.05) is 0 Å². The van der Waals surface area contributed by atoms with Crippen LogP contribution in [0.25, 0.3) is 0 Å². The minimum Gasteiger partial charge on any atom is -0.381 e. The Bertz CT molecular complexity index is 519. The molecule has 108 valence electrons. The van der Waals surface area contributed by atoms with E-state index in [0.717, 1.165) is 35.5 Å². The molecule has 6 heteroatoms. The van der Waals surface area contributed by atoms with Crippen molar-refractivity contribution in [3.63, 3.8) is 0 Å². The molecule has 2 atom stereocenters. The van der Waals surface area contributed by atoms with Crippen LogP contribution >= 0.6 is 15.9 Å². The Morgan fingerprint density at radius 1 is 1.35 bits per heavy atom. The molecule has 3 rings (SSSR count). The summed E-state index contributed by atoms with van der Waals surface area (Å²) >= 11 is 3.40. The number of non-ortho nitro benzene ring substituents is 1. The van der Waals surface area contributed by atoms with Crippen molar-refractivity contribution < 1.29 is 9.66 Å². The number of nitro benzene ring substituents is 1. The van der Waals surface area contributed by atoms with Gasteiger partial charge in [0, 0.05) is 34.9 Å². The number of nitrogens with one attached hydrogen (secondary N) is 1. The lowest BCUT2D eigenvalue weighted by atomic mass is 10.00. The standard InChI is InChI=1S/C14H17BrN2O3/c15-12-8-11(17(18)19)3-4-13(12)16-10-5-6-20-14(7-10)9-1-2-9/h3-4,8-10,14,16H,1-2,5-7H2. The first-order valence-electron chi connectivity index (χ1n) is 6.95. The third kappa shape index (κ3) is 3.12. The highest BCUT2D eigenvalue weighted by Crippen LogP contribution is 2.39. The minimum absolute atomic E-state index is 0.102. The molecule has 2 aliphatic rings. The molecule has 0 amide bonds. The van der Waals surface area contributed by atoms with Gasteiger partial charge in [-0.2, -0.15) is 0 Å². The Morgan fingerprint density at radius 2 is 2.15 bits per heavy atom. The van der Waals surface area contributed by atoms with Gasteiger partial charge in [0.25, 0.3) is 5.69 Å². The fourth-order valence-corrected chi connectivity index (χ4v) is 3.19. The van der Waals surface area contributed by atoms with Gasteiger partial charge in [-0.15, -0.1) is 0 Å². The molecular formula is C14H17BrN2O3. The second kappa shape index (κ2) is 5.69. The van der Waals surface area contributed by atoms with Crippen molar-refractivity contribution in [1.29, 1.82) is 0 Å². The van der Waals surface area contributed by atoms with Crippen LogP contribution in [-0.2, 0) is 4.74 Å². The number of benzene rings is 1. The Kier molecular flexibility index (Phi) is 3.94. The molecule has 0 bridgehead atoms. The van der Waals surface area contributed by atoms with E-state index in [1.54, 1.807) is 12.1 Å². The molecule has 0 radical (unpaired) electrons. The van der Waals surface area contributed by atoms with Crippen molar-refractivity contribution >= 4 is 27.3 Å². The van der Waals surface area contributed by atoms with Crippen LogP contribution < -0.4 is 5.32 Å². The second-order valence-electron chi connectivity index (χ2n) is 5.53. The number of nitro groups is 1. The van der Waals surface area contributed by atoms with Gasteiger partial charge in [0.2, 0.25) is 0 Å². The van der Waals surface area contributed by atoms with E-state index < -0.39 is 0 Å². The zero-order valence-corrected chi connectivity index (χ0v) is 12.6. The normalized spacial score (nSPS) is 26.2. The molecule has 0 spiro atoms. The molecule has 1 saturated heterocycles. The second-order valence-corrected chi connectivity index (χ2v) is 6.39. The van der Waals surface area contributed by atoms with Gasteiger partial charge < -0.3 is 10.1 Å². The van der Waals surface area contributed by atoms with Crippen molar-refractivity contribution in [3.05, 3.63) is 32.8 Å². The van der Waals surface area contributed by atoms with Gasteiger partial charge in [0.1, 0.15) is 0 Å². The zero-order chi connectivity index (χ0) is 14.1. The first kappa shape index (κ1) is 13.8. The van der Waals surface area contributed by atoms with Crippen LogP contribution in [0.15, 0.2) is 22.7 Å². The number of nitrogens with zero attached hydrogens (tertiary/aromatic N) is 1. The van der Waals surface area contributed by atoms with E-state index in [0.29, 0.717) is 12.1 Å². The van der Waals surface area contributed by atoms with Crippen molar-refractivity contribution in [3.8, 4) is 0 Å². The molecule has 2 unspecified atom stereocenters. The van der Waals surface area contributed by atoms with Gasteiger partial charge in [0.05, 0.1) is 11.0 Å². The molecule has 1 aromatic rings. The lowest BCUT2D eigenvalue weighted by Crippen LogP contribution is -2.35. The number of anilines is 1. The maximum Gasteiger partial charge on any atom is 0.270 e. The van der Waals surface area contributed by atoms with E-state index in [9.17, 15) is 10.1 Å². The number of hydrogen-bond donors (Lipinski definition) is 1. The van der Waals surface area contributed by atoms with Crippen LogP contribution in [0.2, 0.25) is 0 Å². The summed E-state index contributed by atoms with van der Waals surface area (Å²) in [6.07, 6.45) is 4.97. The van der Waals surface area contributed by atoms with E-state index in [4.69, 9.17) is 4.74 Å². The summed E-state index contributed by atoms with van der Waals surface area (Å²) < 4.78 is 6.55. The Balaban J connectivity index is 1.66. The molecular weight excluding hydrogens is 324 g/mol. The van der Waals surface area contributed by atoms with E-state index in [-0.39, 0.29) is 10.6 Å². The van der Waals surface area contributed by atoms with Crippen LogP contribution in [0.5, 0.6) is 0 Å². The topological polar surface area (TPSA) is 64.4 Å². The highest BCUT2D eigenvalue weighted by Gasteiger charge is 2.35. The lowest BCUT2D eigenvalue weighted by Gasteiger charge is -2.31. The SMILES string of the molecule is O=[N+]([O-])c1ccc(NC2CCOC(C3CC3)C2)c(Br)c1. The summed E-state index contributed by atoms with van der Waals surface area (Å²) in [7, 11) is 0. The molecule has 1 N–H and O–H groups in total. The minimum atomic E-state index is -0.383. The molecule has 1 aliphatic heterocycles. The Morgan fingerprint density at radius 3 is 2.80 bits per heavy atom. The number of ether oxygens (including phenoxy) is 1. The third-order valence-electron chi connectivity index (χ3n) is 3.99. The highest BCUT2D eigenvalue weighted by atomic mass is 79.9. The summed E-state index contributed by atoms with van der Waals surface area (Å²) in [5, 5.41) is 14.2. The van der Waals surface area contributed by atoms with Gasteiger partial charge in [0.15, 0.2) is 0 Å². The van der Waals surface area contributed by atoms with Crippen LogP contribution in [0.4, 0.5) is 11.4 Å². The van der Waals surface area contributed by atoms with Crippen molar-refractivity contribution in [2.75, 3.05) is 11.9 Å². The molecule has 0 aromatic heterocycles. The molecule has 1 aliphatic carbocycles. The summed E-state index contributed by atoms with van der Waals surface area (Å²) in [5.74, 6) is 0.750. The maximum absolute atomic E-state index is 10.7. The van der Waals surface area contributed by atoms with E-state index in [2.05, 4.69) is 21.2 Å². The maximum atomic E-state index is 10.7. The highest BCUT2D eigenvalue weighted by molar-refractivity contribution is 9.10.